The third kappa shape index (κ3) is 3.13. The van der Waals surface area contributed by atoms with Crippen molar-refractivity contribution in [2.24, 2.45) is 11.7 Å². The third-order valence-electron chi connectivity index (χ3n) is 3.60. The minimum Gasteiger partial charge on any atom is -0.328 e. The highest BCUT2D eigenvalue weighted by atomic mass is 32.2. The summed E-state index contributed by atoms with van der Waals surface area (Å²) >= 11 is 0. The van der Waals surface area contributed by atoms with Gasteiger partial charge in [0.15, 0.2) is 0 Å². The van der Waals surface area contributed by atoms with Gasteiger partial charge >= 0.3 is 0 Å². The fourth-order valence-corrected chi connectivity index (χ4v) is 3.97. The second kappa shape index (κ2) is 5.56. The van der Waals surface area contributed by atoms with E-state index in [1.54, 1.807) is 0 Å². The van der Waals surface area contributed by atoms with E-state index in [1.807, 2.05) is 6.92 Å². The van der Waals surface area contributed by atoms with Gasteiger partial charge in [-0.1, -0.05) is 6.07 Å². The first-order chi connectivity index (χ1) is 8.91. The summed E-state index contributed by atoms with van der Waals surface area (Å²) in [4.78, 5) is 0.0119. The second-order valence-corrected chi connectivity index (χ2v) is 7.02. The molecule has 0 radical (unpaired) electrons. The highest BCUT2D eigenvalue weighted by molar-refractivity contribution is 7.89. The molecule has 0 saturated carbocycles. The van der Waals surface area contributed by atoms with Gasteiger partial charge in [-0.15, -0.1) is 0 Å². The number of sulfonamides is 1. The maximum absolute atomic E-state index is 13.2. The fraction of sp³-hybridized carbons (Fsp3) is 0.538. The van der Waals surface area contributed by atoms with E-state index in [2.05, 4.69) is 0 Å². The molecule has 1 aliphatic heterocycles. The second-order valence-electron chi connectivity index (χ2n) is 5.08. The van der Waals surface area contributed by atoms with Gasteiger partial charge in [0.05, 0.1) is 4.90 Å². The quantitative estimate of drug-likeness (QED) is 0.917. The molecule has 0 aromatic heterocycles. The van der Waals surface area contributed by atoms with Crippen LogP contribution in [0.5, 0.6) is 0 Å². The zero-order valence-electron chi connectivity index (χ0n) is 10.9. The van der Waals surface area contributed by atoms with Crippen LogP contribution >= 0.6 is 0 Å². The van der Waals surface area contributed by atoms with E-state index in [1.165, 1.54) is 22.5 Å². The molecule has 0 aliphatic carbocycles. The number of benzene rings is 1. The summed E-state index contributed by atoms with van der Waals surface area (Å²) in [5.74, 6) is -0.376. The summed E-state index contributed by atoms with van der Waals surface area (Å²) in [6.45, 7) is 2.78. The molecule has 1 heterocycles. The number of hydrogen-bond acceptors (Lipinski definition) is 3. The van der Waals surface area contributed by atoms with Crippen LogP contribution in [-0.4, -0.2) is 31.9 Å². The molecule has 4 nitrogen and oxygen atoms in total. The molecule has 2 atom stereocenters. The van der Waals surface area contributed by atoms with Gasteiger partial charge in [0.2, 0.25) is 10.0 Å². The van der Waals surface area contributed by atoms with Crippen LogP contribution in [0.1, 0.15) is 19.8 Å². The largest absolute Gasteiger partial charge is 0.328 e. The topological polar surface area (TPSA) is 63.4 Å². The Morgan fingerprint density at radius 2 is 2.21 bits per heavy atom. The summed E-state index contributed by atoms with van der Waals surface area (Å²) in [6, 6.07) is 5.10. The minimum atomic E-state index is -3.61. The molecule has 6 heteroatoms. The van der Waals surface area contributed by atoms with Crippen molar-refractivity contribution in [2.75, 3.05) is 13.1 Å². The van der Waals surface area contributed by atoms with Gasteiger partial charge in [0, 0.05) is 19.1 Å². The lowest BCUT2D eigenvalue weighted by Crippen LogP contribution is -2.44. The van der Waals surface area contributed by atoms with Crippen molar-refractivity contribution in [1.29, 1.82) is 0 Å². The van der Waals surface area contributed by atoms with Crippen LogP contribution in [0.2, 0.25) is 0 Å². The van der Waals surface area contributed by atoms with E-state index in [-0.39, 0.29) is 16.9 Å². The van der Waals surface area contributed by atoms with Gasteiger partial charge in [-0.3, -0.25) is 0 Å². The molecular weight excluding hydrogens is 267 g/mol. The van der Waals surface area contributed by atoms with E-state index < -0.39 is 15.8 Å². The molecule has 19 heavy (non-hydrogen) atoms. The molecule has 0 amide bonds. The lowest BCUT2D eigenvalue weighted by atomic mass is 9.93. The van der Waals surface area contributed by atoms with Gasteiger partial charge in [0.25, 0.3) is 0 Å². The van der Waals surface area contributed by atoms with Crippen LogP contribution in [0, 0.1) is 11.7 Å². The lowest BCUT2D eigenvalue weighted by Gasteiger charge is -2.33. The van der Waals surface area contributed by atoms with Gasteiger partial charge in [-0.25, -0.2) is 12.8 Å². The first kappa shape index (κ1) is 14.4. The molecule has 1 saturated heterocycles. The minimum absolute atomic E-state index is 0.0119. The van der Waals surface area contributed by atoms with Gasteiger partial charge in [-0.05, 0) is 43.9 Å². The SMILES string of the molecule is CC(N)C1CCCN(S(=O)(=O)c2cccc(F)c2)C1. The smallest absolute Gasteiger partial charge is 0.243 e. The van der Waals surface area contributed by atoms with Crippen LogP contribution < -0.4 is 5.73 Å². The van der Waals surface area contributed by atoms with Crippen molar-refractivity contribution in [3.8, 4) is 0 Å². The van der Waals surface area contributed by atoms with Crippen molar-refractivity contribution in [3.05, 3.63) is 30.1 Å². The van der Waals surface area contributed by atoms with Crippen molar-refractivity contribution >= 4 is 10.0 Å². The van der Waals surface area contributed by atoms with Crippen molar-refractivity contribution in [3.63, 3.8) is 0 Å². The van der Waals surface area contributed by atoms with Crippen LogP contribution in [0.4, 0.5) is 4.39 Å². The van der Waals surface area contributed by atoms with Gasteiger partial charge in [0.1, 0.15) is 5.82 Å². The maximum Gasteiger partial charge on any atom is 0.243 e. The lowest BCUT2D eigenvalue weighted by molar-refractivity contribution is 0.243. The Labute approximate surface area is 113 Å². The normalized spacial score (nSPS) is 23.2. The predicted octanol–water partition coefficient (Wildman–Crippen LogP) is 1.57. The van der Waals surface area contributed by atoms with E-state index in [0.717, 1.165) is 18.9 Å². The molecule has 2 rings (SSSR count). The maximum atomic E-state index is 13.2. The summed E-state index contributed by atoms with van der Waals surface area (Å²) in [6.07, 6.45) is 1.73. The van der Waals surface area contributed by atoms with E-state index in [0.29, 0.717) is 13.1 Å². The molecule has 2 N–H and O–H groups in total. The third-order valence-corrected chi connectivity index (χ3v) is 5.46. The van der Waals surface area contributed by atoms with Crippen molar-refractivity contribution < 1.29 is 12.8 Å². The highest BCUT2D eigenvalue weighted by Crippen LogP contribution is 2.25. The van der Waals surface area contributed by atoms with Gasteiger partial charge in [-0.2, -0.15) is 4.31 Å². The highest BCUT2D eigenvalue weighted by Gasteiger charge is 2.31. The Hall–Kier alpha value is -0.980. The molecule has 1 aliphatic rings. The number of nitrogens with zero attached hydrogens (tertiary/aromatic N) is 1. The molecule has 0 bridgehead atoms. The number of rotatable bonds is 3. The van der Waals surface area contributed by atoms with E-state index in [4.69, 9.17) is 5.73 Å². The molecule has 1 aromatic rings. The first-order valence-electron chi connectivity index (χ1n) is 6.42. The standard InChI is InChI=1S/C13H19FN2O2S/c1-10(15)11-4-3-7-16(9-11)19(17,18)13-6-2-5-12(14)8-13/h2,5-6,8,10-11H,3-4,7,9,15H2,1H3. The molecular formula is C13H19FN2O2S. The summed E-state index contributed by atoms with van der Waals surface area (Å²) < 4.78 is 39.4. The Morgan fingerprint density at radius 1 is 1.47 bits per heavy atom. The fourth-order valence-electron chi connectivity index (χ4n) is 2.40. The molecule has 1 fully saturated rings. The molecule has 0 spiro atoms. The average Bonchev–Trinajstić information content (AvgIpc) is 2.39. The number of nitrogens with two attached hydrogens (primary N) is 1. The first-order valence-corrected chi connectivity index (χ1v) is 7.86. The Bertz CT molecular complexity index is 545. The van der Waals surface area contributed by atoms with Crippen LogP contribution in [0.3, 0.4) is 0 Å². The van der Waals surface area contributed by atoms with E-state index >= 15 is 0 Å². The van der Waals surface area contributed by atoms with Crippen LogP contribution in [-0.2, 0) is 10.0 Å². The Morgan fingerprint density at radius 3 is 2.84 bits per heavy atom. The van der Waals surface area contributed by atoms with E-state index in [9.17, 15) is 12.8 Å². The van der Waals surface area contributed by atoms with Crippen LogP contribution in [0.25, 0.3) is 0 Å². The number of piperidine rings is 1. The summed E-state index contributed by atoms with van der Waals surface area (Å²) in [5.41, 5.74) is 5.85. The Balaban J connectivity index is 2.24. The predicted molar refractivity (Wildman–Crippen MR) is 71.5 cm³/mol. The Kier molecular flexibility index (Phi) is 4.23. The zero-order chi connectivity index (χ0) is 14.0. The molecule has 106 valence electrons. The number of hydrogen-bond donors (Lipinski definition) is 1. The zero-order valence-corrected chi connectivity index (χ0v) is 11.7. The van der Waals surface area contributed by atoms with Gasteiger partial charge < -0.3 is 5.73 Å². The molecule has 2 unspecified atom stereocenters. The average molecular weight is 286 g/mol. The number of halogens is 1. The summed E-state index contributed by atoms with van der Waals surface area (Å²) in [7, 11) is -3.61. The molecule has 1 aromatic carbocycles. The van der Waals surface area contributed by atoms with Crippen molar-refractivity contribution in [1.82, 2.24) is 4.31 Å². The van der Waals surface area contributed by atoms with Crippen LogP contribution in [0.15, 0.2) is 29.2 Å². The van der Waals surface area contributed by atoms with Crippen molar-refractivity contribution in [2.45, 2.75) is 30.7 Å². The monoisotopic (exact) mass is 286 g/mol. The summed E-state index contributed by atoms with van der Waals surface area (Å²) in [5, 5.41) is 0.